The zero-order chi connectivity index (χ0) is 16.1. The van der Waals surface area contributed by atoms with Gasteiger partial charge in [0, 0.05) is 0 Å². The van der Waals surface area contributed by atoms with Crippen molar-refractivity contribution in [3.63, 3.8) is 0 Å². The highest BCUT2D eigenvalue weighted by Gasteiger charge is 2.48. The predicted octanol–water partition coefficient (Wildman–Crippen LogP) is 0.672. The number of aromatic nitrogens is 2. The normalized spacial score (nSPS) is 23.6. The van der Waals surface area contributed by atoms with Gasteiger partial charge in [-0.2, -0.15) is 0 Å². The summed E-state index contributed by atoms with van der Waals surface area (Å²) in [5.41, 5.74) is -0.831. The quantitative estimate of drug-likeness (QED) is 0.597. The Kier molecular flexibility index (Phi) is 2.84. The van der Waals surface area contributed by atoms with E-state index in [1.165, 1.54) is 12.1 Å². The number of rotatable bonds is 1. The number of benzene rings is 1. The van der Waals surface area contributed by atoms with Crippen LogP contribution in [0.4, 0.5) is 5.69 Å². The summed E-state index contributed by atoms with van der Waals surface area (Å²) in [5, 5.41) is 4.70. The fraction of sp³-hybridized carbons (Fsp3) is 0.250. The van der Waals surface area contributed by atoms with E-state index in [9.17, 15) is 19.2 Å². The van der Waals surface area contributed by atoms with E-state index in [4.69, 9.17) is 0 Å². The van der Waals surface area contributed by atoms with Gasteiger partial charge < -0.3 is 0 Å². The van der Waals surface area contributed by atoms with E-state index >= 15 is 0 Å². The third kappa shape index (κ3) is 1.82. The van der Waals surface area contributed by atoms with Crippen LogP contribution in [0.25, 0.3) is 10.8 Å². The molecule has 1 aliphatic carbocycles. The molecule has 2 amide bonds. The molecular formula is C16H13N3O4. The minimum absolute atomic E-state index is 0.0598. The molecule has 7 heteroatoms. The van der Waals surface area contributed by atoms with Gasteiger partial charge in [-0.3, -0.25) is 29.4 Å². The van der Waals surface area contributed by atoms with Crippen molar-refractivity contribution >= 4 is 28.3 Å². The summed E-state index contributed by atoms with van der Waals surface area (Å²) < 4.78 is 0. The monoisotopic (exact) mass is 311 g/mol. The minimum Gasteiger partial charge on any atom is -0.274 e. The first-order valence-corrected chi connectivity index (χ1v) is 7.36. The third-order valence-electron chi connectivity index (χ3n) is 4.55. The van der Waals surface area contributed by atoms with E-state index in [2.05, 4.69) is 10.2 Å². The Morgan fingerprint density at radius 2 is 1.48 bits per heavy atom. The van der Waals surface area contributed by atoms with Gasteiger partial charge in [0.25, 0.3) is 11.1 Å². The summed E-state index contributed by atoms with van der Waals surface area (Å²) in [6.45, 7) is 0. The summed E-state index contributed by atoms with van der Waals surface area (Å²) in [6.07, 6.45) is 4.84. The molecule has 2 atom stereocenters. The number of carbonyl (C=O) groups is 2. The molecule has 7 nitrogen and oxygen atoms in total. The minimum atomic E-state index is -0.538. The van der Waals surface area contributed by atoms with Gasteiger partial charge in [-0.25, -0.2) is 4.90 Å². The lowest BCUT2D eigenvalue weighted by atomic mass is 9.85. The smallest absolute Gasteiger partial charge is 0.272 e. The number of hydrogen-bond acceptors (Lipinski definition) is 4. The van der Waals surface area contributed by atoms with Gasteiger partial charge in [0.1, 0.15) is 0 Å². The Hall–Kier alpha value is -2.96. The zero-order valence-corrected chi connectivity index (χ0v) is 12.0. The molecule has 4 rings (SSSR count). The third-order valence-corrected chi connectivity index (χ3v) is 4.55. The number of hydrogen-bond donors (Lipinski definition) is 2. The molecular weight excluding hydrogens is 298 g/mol. The standard InChI is InChI=1S/C16H13N3O4/c20-13-10-6-3-7-11(12(10)14(21)18-17-13)19-15(22)8-4-1-2-5-9(8)16(19)23/h1-3,6-9H,4-5H2,(H,17,20)(H,18,21)/t8-,9+. The van der Waals surface area contributed by atoms with Crippen molar-refractivity contribution < 1.29 is 9.59 Å². The molecule has 1 aromatic carbocycles. The lowest BCUT2D eigenvalue weighted by Crippen LogP contribution is -2.32. The highest BCUT2D eigenvalue weighted by Crippen LogP contribution is 2.38. The van der Waals surface area contributed by atoms with Crippen molar-refractivity contribution in [1.82, 2.24) is 10.2 Å². The summed E-state index contributed by atoms with van der Waals surface area (Å²) >= 11 is 0. The first-order valence-electron chi connectivity index (χ1n) is 7.36. The molecule has 2 aromatic rings. The second-order valence-corrected chi connectivity index (χ2v) is 5.78. The van der Waals surface area contributed by atoms with E-state index in [0.29, 0.717) is 12.8 Å². The van der Waals surface area contributed by atoms with Crippen LogP contribution in [-0.4, -0.2) is 22.0 Å². The van der Waals surface area contributed by atoms with Gasteiger partial charge in [-0.1, -0.05) is 18.2 Å². The van der Waals surface area contributed by atoms with Crippen LogP contribution >= 0.6 is 0 Å². The van der Waals surface area contributed by atoms with Gasteiger partial charge in [-0.05, 0) is 25.0 Å². The maximum Gasteiger partial charge on any atom is 0.272 e. The summed E-state index contributed by atoms with van der Waals surface area (Å²) in [5.74, 6) is -1.39. The number of allylic oxidation sites excluding steroid dienone is 2. The van der Waals surface area contributed by atoms with Crippen LogP contribution in [0.15, 0.2) is 39.9 Å². The summed E-state index contributed by atoms with van der Waals surface area (Å²) in [4.78, 5) is 50.4. The number of carbonyl (C=O) groups excluding carboxylic acids is 2. The highest BCUT2D eigenvalue weighted by atomic mass is 16.2. The van der Waals surface area contributed by atoms with Crippen LogP contribution in [0.5, 0.6) is 0 Å². The van der Waals surface area contributed by atoms with Crippen LogP contribution in [0.3, 0.4) is 0 Å². The molecule has 0 saturated carbocycles. The topological polar surface area (TPSA) is 103 Å². The highest BCUT2D eigenvalue weighted by molar-refractivity contribution is 6.24. The van der Waals surface area contributed by atoms with Crippen molar-refractivity contribution in [3.8, 4) is 0 Å². The lowest BCUT2D eigenvalue weighted by molar-refractivity contribution is -0.122. The Labute approximate surface area is 129 Å². The van der Waals surface area contributed by atoms with E-state index in [-0.39, 0.29) is 40.1 Å². The van der Waals surface area contributed by atoms with Crippen molar-refractivity contribution in [2.75, 3.05) is 4.90 Å². The van der Waals surface area contributed by atoms with E-state index in [0.717, 1.165) is 4.90 Å². The molecule has 2 aliphatic rings. The number of imide groups is 1. The molecule has 1 fully saturated rings. The Balaban J connectivity index is 1.96. The fourth-order valence-electron chi connectivity index (χ4n) is 3.44. The van der Waals surface area contributed by atoms with E-state index in [1.807, 2.05) is 12.2 Å². The number of nitrogens with one attached hydrogen (secondary N) is 2. The molecule has 2 heterocycles. The van der Waals surface area contributed by atoms with Gasteiger partial charge in [0.05, 0.1) is 28.3 Å². The number of anilines is 1. The molecule has 0 bridgehead atoms. The summed E-state index contributed by atoms with van der Waals surface area (Å²) in [6, 6.07) is 4.58. The molecule has 2 N–H and O–H groups in total. The van der Waals surface area contributed by atoms with Gasteiger partial charge in [0.15, 0.2) is 0 Å². The van der Waals surface area contributed by atoms with Gasteiger partial charge >= 0.3 is 0 Å². The predicted molar refractivity (Wildman–Crippen MR) is 83.0 cm³/mol. The number of amides is 2. The zero-order valence-electron chi connectivity index (χ0n) is 12.0. The Bertz CT molecular complexity index is 959. The Morgan fingerprint density at radius 1 is 0.870 bits per heavy atom. The van der Waals surface area contributed by atoms with Crippen LogP contribution < -0.4 is 16.0 Å². The maximum absolute atomic E-state index is 12.7. The SMILES string of the molecule is O=C1[C@H]2CC=CC[C@H]2C(=O)N1c1cccc2c(=O)[nH][nH]c(=O)c12. The molecule has 0 radical (unpaired) electrons. The van der Waals surface area contributed by atoms with Gasteiger partial charge in [-0.15, -0.1) is 0 Å². The largest absolute Gasteiger partial charge is 0.274 e. The van der Waals surface area contributed by atoms with Crippen LogP contribution in [-0.2, 0) is 9.59 Å². The first-order chi connectivity index (χ1) is 11.1. The maximum atomic E-state index is 12.7. The number of aromatic amines is 2. The molecule has 1 saturated heterocycles. The number of fused-ring (bicyclic) bond motifs is 2. The molecule has 1 aromatic heterocycles. The molecule has 23 heavy (non-hydrogen) atoms. The first kappa shape index (κ1) is 13.7. The number of nitrogens with zero attached hydrogens (tertiary/aromatic N) is 1. The van der Waals surface area contributed by atoms with Crippen molar-refractivity contribution in [2.24, 2.45) is 11.8 Å². The lowest BCUT2D eigenvalue weighted by Gasteiger charge is -2.16. The average Bonchev–Trinajstić information content (AvgIpc) is 2.82. The average molecular weight is 311 g/mol. The molecule has 0 spiro atoms. The van der Waals surface area contributed by atoms with Gasteiger partial charge in [0.2, 0.25) is 11.8 Å². The van der Waals surface area contributed by atoms with E-state index < -0.39 is 11.1 Å². The van der Waals surface area contributed by atoms with Crippen molar-refractivity contribution in [3.05, 3.63) is 51.1 Å². The van der Waals surface area contributed by atoms with Crippen LogP contribution in [0.1, 0.15) is 12.8 Å². The second kappa shape index (κ2) is 4.77. The molecule has 0 unspecified atom stereocenters. The molecule has 116 valence electrons. The summed E-state index contributed by atoms with van der Waals surface area (Å²) in [7, 11) is 0. The van der Waals surface area contributed by atoms with Crippen LogP contribution in [0.2, 0.25) is 0 Å². The fourth-order valence-corrected chi connectivity index (χ4v) is 3.44. The van der Waals surface area contributed by atoms with Crippen molar-refractivity contribution in [2.45, 2.75) is 12.8 Å². The van der Waals surface area contributed by atoms with E-state index in [1.54, 1.807) is 6.07 Å². The van der Waals surface area contributed by atoms with Crippen LogP contribution in [0, 0.1) is 11.8 Å². The molecule has 1 aliphatic heterocycles. The Morgan fingerprint density at radius 3 is 2.13 bits per heavy atom. The number of H-pyrrole nitrogens is 2. The van der Waals surface area contributed by atoms with Crippen molar-refractivity contribution in [1.29, 1.82) is 0 Å². The second-order valence-electron chi connectivity index (χ2n) is 5.78.